The zero-order valence-corrected chi connectivity index (χ0v) is 11.8. The monoisotopic (exact) mass is 281 g/mol. The van der Waals surface area contributed by atoms with Gasteiger partial charge in [0.25, 0.3) is 0 Å². The topological polar surface area (TPSA) is 37.8 Å². The molecule has 3 rings (SSSR count). The molecular formula is C16H15N3S. The fourth-order valence-electron chi connectivity index (χ4n) is 2.16. The molecule has 0 bridgehead atoms. The predicted octanol–water partition coefficient (Wildman–Crippen LogP) is 3.42. The van der Waals surface area contributed by atoms with Crippen LogP contribution in [0.15, 0.2) is 65.7 Å². The Kier molecular flexibility index (Phi) is 4.16. The molecule has 20 heavy (non-hydrogen) atoms. The van der Waals surface area contributed by atoms with Crippen LogP contribution in [0.4, 0.5) is 0 Å². The SMILES string of the molecule is c1ccc(C(NCc2cscn2)c2ccncc2)cc1. The van der Waals surface area contributed by atoms with Crippen molar-refractivity contribution in [1.82, 2.24) is 15.3 Å². The molecule has 0 aliphatic carbocycles. The maximum atomic E-state index is 4.32. The highest BCUT2D eigenvalue weighted by Crippen LogP contribution is 2.21. The Balaban J connectivity index is 1.84. The van der Waals surface area contributed by atoms with Crippen LogP contribution in [-0.2, 0) is 6.54 Å². The molecule has 1 N–H and O–H groups in total. The van der Waals surface area contributed by atoms with E-state index in [1.165, 1.54) is 11.1 Å². The standard InChI is InChI=1S/C16H15N3S/c1-2-4-13(5-3-1)16(14-6-8-17-9-7-14)18-10-15-11-20-12-19-15/h1-9,11-12,16,18H,10H2. The summed E-state index contributed by atoms with van der Waals surface area (Å²) >= 11 is 1.62. The van der Waals surface area contributed by atoms with Crippen LogP contribution in [0.2, 0.25) is 0 Å². The van der Waals surface area contributed by atoms with Gasteiger partial charge in [-0.2, -0.15) is 0 Å². The van der Waals surface area contributed by atoms with Gasteiger partial charge in [0.05, 0.1) is 17.2 Å². The number of nitrogens with one attached hydrogen (secondary N) is 1. The first kappa shape index (κ1) is 13.0. The van der Waals surface area contributed by atoms with Gasteiger partial charge in [-0.1, -0.05) is 30.3 Å². The molecule has 0 fully saturated rings. The van der Waals surface area contributed by atoms with Crippen LogP contribution in [-0.4, -0.2) is 9.97 Å². The average Bonchev–Trinajstić information content (AvgIpc) is 3.03. The lowest BCUT2D eigenvalue weighted by Crippen LogP contribution is -2.22. The maximum Gasteiger partial charge on any atom is 0.0795 e. The van der Waals surface area contributed by atoms with Crippen molar-refractivity contribution in [1.29, 1.82) is 0 Å². The van der Waals surface area contributed by atoms with Gasteiger partial charge in [0.15, 0.2) is 0 Å². The minimum atomic E-state index is 0.154. The minimum Gasteiger partial charge on any atom is -0.301 e. The summed E-state index contributed by atoms with van der Waals surface area (Å²) < 4.78 is 0. The van der Waals surface area contributed by atoms with Crippen LogP contribution in [0.3, 0.4) is 0 Å². The van der Waals surface area contributed by atoms with Gasteiger partial charge in [-0.05, 0) is 23.3 Å². The molecule has 4 heteroatoms. The quantitative estimate of drug-likeness (QED) is 0.778. The maximum absolute atomic E-state index is 4.32. The van der Waals surface area contributed by atoms with Gasteiger partial charge in [-0.15, -0.1) is 11.3 Å². The normalized spacial score (nSPS) is 12.2. The van der Waals surface area contributed by atoms with Crippen LogP contribution < -0.4 is 5.32 Å². The van der Waals surface area contributed by atoms with Gasteiger partial charge in [0, 0.05) is 24.3 Å². The number of rotatable bonds is 5. The number of benzene rings is 1. The first-order chi connectivity index (χ1) is 9.93. The van der Waals surface area contributed by atoms with E-state index in [4.69, 9.17) is 0 Å². The number of hydrogen-bond acceptors (Lipinski definition) is 4. The molecule has 1 aromatic carbocycles. The molecule has 0 aliphatic heterocycles. The first-order valence-electron chi connectivity index (χ1n) is 6.49. The van der Waals surface area contributed by atoms with Crippen molar-refractivity contribution < 1.29 is 0 Å². The number of thiazole rings is 1. The summed E-state index contributed by atoms with van der Waals surface area (Å²) in [5.41, 5.74) is 5.39. The van der Waals surface area contributed by atoms with Crippen LogP contribution in [0.1, 0.15) is 22.9 Å². The third-order valence-electron chi connectivity index (χ3n) is 3.14. The zero-order chi connectivity index (χ0) is 13.6. The van der Waals surface area contributed by atoms with Crippen LogP contribution in [0.5, 0.6) is 0 Å². The molecule has 0 saturated heterocycles. The molecule has 0 saturated carbocycles. The van der Waals surface area contributed by atoms with E-state index < -0.39 is 0 Å². The highest BCUT2D eigenvalue weighted by atomic mass is 32.1. The van der Waals surface area contributed by atoms with Crippen molar-refractivity contribution in [2.24, 2.45) is 0 Å². The number of aromatic nitrogens is 2. The van der Waals surface area contributed by atoms with Crippen molar-refractivity contribution in [2.45, 2.75) is 12.6 Å². The number of pyridine rings is 1. The zero-order valence-electron chi connectivity index (χ0n) is 10.9. The van der Waals surface area contributed by atoms with Gasteiger partial charge < -0.3 is 5.32 Å². The summed E-state index contributed by atoms with van der Waals surface area (Å²) in [4.78, 5) is 8.41. The molecule has 3 nitrogen and oxygen atoms in total. The summed E-state index contributed by atoms with van der Waals surface area (Å²) in [6, 6.07) is 14.7. The Hall–Kier alpha value is -2.04. The van der Waals surface area contributed by atoms with E-state index >= 15 is 0 Å². The Morgan fingerprint density at radius 2 is 1.75 bits per heavy atom. The molecule has 1 atom stereocenters. The van der Waals surface area contributed by atoms with Gasteiger partial charge in [-0.3, -0.25) is 4.98 Å². The average molecular weight is 281 g/mol. The van der Waals surface area contributed by atoms with Crippen molar-refractivity contribution in [2.75, 3.05) is 0 Å². The molecule has 0 amide bonds. The predicted molar refractivity (Wildman–Crippen MR) is 81.5 cm³/mol. The summed E-state index contributed by atoms with van der Waals surface area (Å²) in [5, 5.41) is 5.64. The first-order valence-corrected chi connectivity index (χ1v) is 7.43. The lowest BCUT2D eigenvalue weighted by Gasteiger charge is -2.19. The van der Waals surface area contributed by atoms with E-state index in [2.05, 4.69) is 44.9 Å². The molecular weight excluding hydrogens is 266 g/mol. The van der Waals surface area contributed by atoms with E-state index in [9.17, 15) is 0 Å². The summed E-state index contributed by atoms with van der Waals surface area (Å²) in [5.74, 6) is 0. The molecule has 0 aliphatic rings. The van der Waals surface area contributed by atoms with Crippen LogP contribution in [0.25, 0.3) is 0 Å². The van der Waals surface area contributed by atoms with Gasteiger partial charge >= 0.3 is 0 Å². The van der Waals surface area contributed by atoms with Crippen molar-refractivity contribution in [3.8, 4) is 0 Å². The van der Waals surface area contributed by atoms with E-state index in [0.29, 0.717) is 0 Å². The Morgan fingerprint density at radius 1 is 1.00 bits per heavy atom. The Morgan fingerprint density at radius 3 is 2.45 bits per heavy atom. The van der Waals surface area contributed by atoms with Gasteiger partial charge in [-0.25, -0.2) is 4.98 Å². The summed E-state index contributed by atoms with van der Waals surface area (Å²) in [7, 11) is 0. The number of nitrogens with zero attached hydrogens (tertiary/aromatic N) is 2. The van der Waals surface area contributed by atoms with Crippen molar-refractivity contribution in [3.63, 3.8) is 0 Å². The largest absolute Gasteiger partial charge is 0.301 e. The lowest BCUT2D eigenvalue weighted by atomic mass is 10.00. The van der Waals surface area contributed by atoms with E-state index in [1.54, 1.807) is 11.3 Å². The minimum absolute atomic E-state index is 0.154. The second-order valence-corrected chi connectivity index (χ2v) is 5.20. The highest BCUT2D eigenvalue weighted by Gasteiger charge is 2.13. The molecule has 2 aromatic heterocycles. The molecule has 3 aromatic rings. The molecule has 100 valence electrons. The summed E-state index contributed by atoms with van der Waals surface area (Å²) in [6.07, 6.45) is 3.66. The van der Waals surface area contributed by atoms with Gasteiger partial charge in [0.1, 0.15) is 0 Å². The van der Waals surface area contributed by atoms with E-state index in [0.717, 1.165) is 12.2 Å². The second-order valence-electron chi connectivity index (χ2n) is 4.48. The van der Waals surface area contributed by atoms with Crippen LogP contribution >= 0.6 is 11.3 Å². The van der Waals surface area contributed by atoms with E-state index in [-0.39, 0.29) is 6.04 Å². The third kappa shape index (κ3) is 3.10. The molecule has 1 unspecified atom stereocenters. The van der Waals surface area contributed by atoms with Crippen molar-refractivity contribution in [3.05, 3.63) is 82.6 Å². The van der Waals surface area contributed by atoms with Crippen LogP contribution in [0, 0.1) is 0 Å². The lowest BCUT2D eigenvalue weighted by molar-refractivity contribution is 0.598. The Labute approximate surface area is 122 Å². The number of hydrogen-bond donors (Lipinski definition) is 1. The van der Waals surface area contributed by atoms with Crippen molar-refractivity contribution >= 4 is 11.3 Å². The Bertz CT molecular complexity index is 584. The van der Waals surface area contributed by atoms with E-state index in [1.807, 2.05) is 36.1 Å². The molecule has 0 radical (unpaired) electrons. The fraction of sp³-hybridized carbons (Fsp3) is 0.125. The highest BCUT2D eigenvalue weighted by molar-refractivity contribution is 7.07. The summed E-state index contributed by atoms with van der Waals surface area (Å²) in [6.45, 7) is 0.755. The molecule has 0 spiro atoms. The van der Waals surface area contributed by atoms with Gasteiger partial charge in [0.2, 0.25) is 0 Å². The fourth-order valence-corrected chi connectivity index (χ4v) is 2.72. The smallest absolute Gasteiger partial charge is 0.0795 e. The molecule has 2 heterocycles. The third-order valence-corrected chi connectivity index (χ3v) is 3.78. The second kappa shape index (κ2) is 6.41.